The molecule has 1 saturated carbocycles. The molecule has 9 heteroatoms. The van der Waals surface area contributed by atoms with Crippen LogP contribution < -0.4 is 16.0 Å². The van der Waals surface area contributed by atoms with Gasteiger partial charge in [0.2, 0.25) is 11.8 Å². The summed E-state index contributed by atoms with van der Waals surface area (Å²) in [7, 11) is 1.31. The molecule has 0 bridgehead atoms. The van der Waals surface area contributed by atoms with E-state index in [1.807, 2.05) is 51.1 Å². The summed E-state index contributed by atoms with van der Waals surface area (Å²) in [5.41, 5.74) is 1.27. The number of carbonyl (C=O) groups is 4. The zero-order chi connectivity index (χ0) is 28.4. The minimum absolute atomic E-state index is 0.148. The van der Waals surface area contributed by atoms with Crippen molar-refractivity contribution in [1.82, 2.24) is 10.6 Å². The number of alkyl carbamates (subject to hydrolysis) is 1. The number of carbonyl (C=O) groups excluding carboxylic acids is 4. The maximum atomic E-state index is 13.2. The number of ether oxygens (including phenoxy) is 2. The van der Waals surface area contributed by atoms with Gasteiger partial charge in [-0.1, -0.05) is 30.3 Å². The molecule has 1 atom stereocenters. The molecule has 1 fully saturated rings. The Bertz CT molecular complexity index is 1120. The SMILES string of the molecule is COC(=O)c1ccc(NC(=O)[C@H](Cc2ccccc2)NC(=O)C2CCC(CNC(=O)OC(C)(C)C)CC2)cc1. The fourth-order valence-electron chi connectivity index (χ4n) is 4.56. The molecule has 9 nitrogen and oxygen atoms in total. The average Bonchev–Trinajstić information content (AvgIpc) is 2.91. The number of hydrogen-bond donors (Lipinski definition) is 3. The van der Waals surface area contributed by atoms with Crippen LogP contribution in [0.3, 0.4) is 0 Å². The molecule has 0 aliphatic heterocycles. The second-order valence-electron chi connectivity index (χ2n) is 10.9. The Labute approximate surface area is 230 Å². The highest BCUT2D eigenvalue weighted by Gasteiger charge is 2.30. The second kappa shape index (κ2) is 13.8. The molecule has 2 aromatic carbocycles. The van der Waals surface area contributed by atoms with Crippen LogP contribution in [0.1, 0.15) is 62.4 Å². The van der Waals surface area contributed by atoms with Crippen LogP contribution in [-0.4, -0.2) is 49.2 Å². The second-order valence-corrected chi connectivity index (χ2v) is 10.9. The van der Waals surface area contributed by atoms with Crippen LogP contribution in [-0.2, 0) is 25.5 Å². The number of amides is 3. The van der Waals surface area contributed by atoms with Gasteiger partial charge in [-0.15, -0.1) is 0 Å². The third-order valence-corrected chi connectivity index (χ3v) is 6.64. The van der Waals surface area contributed by atoms with E-state index in [4.69, 9.17) is 9.47 Å². The van der Waals surface area contributed by atoms with Crippen molar-refractivity contribution in [1.29, 1.82) is 0 Å². The largest absolute Gasteiger partial charge is 0.465 e. The predicted molar refractivity (Wildman–Crippen MR) is 148 cm³/mol. The zero-order valence-corrected chi connectivity index (χ0v) is 23.1. The number of esters is 1. The lowest BCUT2D eigenvalue weighted by Gasteiger charge is -2.29. The van der Waals surface area contributed by atoms with Crippen LogP contribution in [0.4, 0.5) is 10.5 Å². The summed E-state index contributed by atoms with van der Waals surface area (Å²) in [5.74, 6) is -0.873. The molecule has 210 valence electrons. The molecule has 39 heavy (non-hydrogen) atoms. The van der Waals surface area contributed by atoms with Crippen molar-refractivity contribution in [2.45, 2.75) is 64.5 Å². The highest BCUT2D eigenvalue weighted by molar-refractivity contribution is 5.98. The van der Waals surface area contributed by atoms with Crippen molar-refractivity contribution >= 4 is 29.6 Å². The zero-order valence-electron chi connectivity index (χ0n) is 23.1. The number of hydrogen-bond acceptors (Lipinski definition) is 6. The summed E-state index contributed by atoms with van der Waals surface area (Å²) < 4.78 is 10.0. The molecule has 3 rings (SSSR count). The molecule has 1 aliphatic rings. The van der Waals surface area contributed by atoms with E-state index < -0.39 is 23.7 Å². The molecular weight excluding hydrogens is 498 g/mol. The molecule has 0 radical (unpaired) electrons. The summed E-state index contributed by atoms with van der Waals surface area (Å²) in [4.78, 5) is 50.1. The predicted octanol–water partition coefficient (Wildman–Crippen LogP) is 4.47. The van der Waals surface area contributed by atoms with Crippen LogP contribution in [0, 0.1) is 11.8 Å². The Morgan fingerprint density at radius 1 is 0.923 bits per heavy atom. The van der Waals surface area contributed by atoms with Crippen LogP contribution in [0.25, 0.3) is 0 Å². The Balaban J connectivity index is 1.57. The Hall–Kier alpha value is -3.88. The van der Waals surface area contributed by atoms with E-state index in [0.29, 0.717) is 37.1 Å². The Morgan fingerprint density at radius 3 is 2.15 bits per heavy atom. The van der Waals surface area contributed by atoms with E-state index in [0.717, 1.165) is 18.4 Å². The minimum Gasteiger partial charge on any atom is -0.465 e. The maximum Gasteiger partial charge on any atom is 0.407 e. The minimum atomic E-state index is -0.772. The number of nitrogens with one attached hydrogen (secondary N) is 3. The van der Waals surface area contributed by atoms with Crippen molar-refractivity contribution in [3.63, 3.8) is 0 Å². The van der Waals surface area contributed by atoms with Gasteiger partial charge in [-0.3, -0.25) is 9.59 Å². The summed E-state index contributed by atoms with van der Waals surface area (Å²) in [6.45, 7) is 5.98. The number of benzene rings is 2. The van der Waals surface area contributed by atoms with E-state index in [1.165, 1.54) is 7.11 Å². The van der Waals surface area contributed by atoms with Crippen molar-refractivity contribution in [3.8, 4) is 0 Å². The lowest BCUT2D eigenvalue weighted by molar-refractivity contribution is -0.130. The fraction of sp³-hybridized carbons (Fsp3) is 0.467. The summed E-state index contributed by atoms with van der Waals surface area (Å²) in [5, 5.41) is 8.64. The molecule has 0 aromatic heterocycles. The maximum absolute atomic E-state index is 13.2. The van der Waals surface area contributed by atoms with Gasteiger partial charge in [-0.25, -0.2) is 9.59 Å². The van der Waals surface area contributed by atoms with Gasteiger partial charge in [0.25, 0.3) is 0 Å². The van der Waals surface area contributed by atoms with Gasteiger partial charge >= 0.3 is 12.1 Å². The number of anilines is 1. The van der Waals surface area contributed by atoms with Crippen LogP contribution in [0.15, 0.2) is 54.6 Å². The molecule has 0 heterocycles. The monoisotopic (exact) mass is 537 g/mol. The topological polar surface area (TPSA) is 123 Å². The Kier molecular flexibility index (Phi) is 10.5. The quantitative estimate of drug-likeness (QED) is 0.406. The first-order chi connectivity index (χ1) is 18.5. The highest BCUT2D eigenvalue weighted by atomic mass is 16.6. The molecule has 3 N–H and O–H groups in total. The van der Waals surface area contributed by atoms with E-state index in [2.05, 4.69) is 16.0 Å². The lowest BCUT2D eigenvalue weighted by Crippen LogP contribution is -2.48. The van der Waals surface area contributed by atoms with Crippen molar-refractivity contribution in [2.24, 2.45) is 11.8 Å². The van der Waals surface area contributed by atoms with Gasteiger partial charge in [-0.05, 0) is 82.2 Å². The van der Waals surface area contributed by atoms with E-state index in [-0.39, 0.29) is 23.7 Å². The normalized spacial score (nSPS) is 17.8. The van der Waals surface area contributed by atoms with Crippen LogP contribution in [0.2, 0.25) is 0 Å². The Morgan fingerprint density at radius 2 is 1.56 bits per heavy atom. The molecular formula is C30H39N3O6. The molecule has 1 aliphatic carbocycles. The van der Waals surface area contributed by atoms with E-state index >= 15 is 0 Å². The van der Waals surface area contributed by atoms with Gasteiger partial charge in [0.05, 0.1) is 12.7 Å². The van der Waals surface area contributed by atoms with Crippen LogP contribution in [0.5, 0.6) is 0 Å². The standard InChI is InChI=1S/C30H39N3O6/c1-30(2,3)39-29(37)31-19-21-10-12-22(13-11-21)26(34)33-25(18-20-8-6-5-7-9-20)27(35)32-24-16-14-23(15-17-24)28(36)38-4/h5-9,14-17,21-22,25H,10-13,18-19H2,1-4H3,(H,31,37)(H,32,35)(H,33,34)/t21?,22?,25-/m0/s1. The molecule has 0 unspecified atom stereocenters. The summed E-state index contributed by atoms with van der Waals surface area (Å²) >= 11 is 0. The van der Waals surface area contributed by atoms with Crippen molar-refractivity contribution in [3.05, 3.63) is 65.7 Å². The molecule has 0 saturated heterocycles. The summed E-state index contributed by atoms with van der Waals surface area (Å²) in [6, 6.07) is 15.1. The van der Waals surface area contributed by atoms with E-state index in [9.17, 15) is 19.2 Å². The van der Waals surface area contributed by atoms with Crippen molar-refractivity contribution in [2.75, 3.05) is 19.0 Å². The fourth-order valence-corrected chi connectivity index (χ4v) is 4.56. The first-order valence-electron chi connectivity index (χ1n) is 13.3. The number of rotatable bonds is 9. The van der Waals surface area contributed by atoms with Gasteiger partial charge in [-0.2, -0.15) is 0 Å². The van der Waals surface area contributed by atoms with Gasteiger partial charge in [0, 0.05) is 24.6 Å². The molecule has 0 spiro atoms. The third-order valence-electron chi connectivity index (χ3n) is 6.64. The highest BCUT2D eigenvalue weighted by Crippen LogP contribution is 2.29. The summed E-state index contributed by atoms with van der Waals surface area (Å²) in [6.07, 6.45) is 2.87. The molecule has 3 amide bonds. The lowest BCUT2D eigenvalue weighted by atomic mass is 9.81. The van der Waals surface area contributed by atoms with Gasteiger partial charge in [0.1, 0.15) is 11.6 Å². The van der Waals surface area contributed by atoms with Gasteiger partial charge in [0.15, 0.2) is 0 Å². The smallest absolute Gasteiger partial charge is 0.407 e. The van der Waals surface area contributed by atoms with Gasteiger partial charge < -0.3 is 25.4 Å². The molecule has 2 aromatic rings. The van der Waals surface area contributed by atoms with Crippen molar-refractivity contribution < 1.29 is 28.7 Å². The first kappa shape index (κ1) is 29.7. The first-order valence-corrected chi connectivity index (χ1v) is 13.3. The van der Waals surface area contributed by atoms with E-state index in [1.54, 1.807) is 24.3 Å². The number of methoxy groups -OCH3 is 1. The average molecular weight is 538 g/mol. The third kappa shape index (κ3) is 9.74. The van der Waals surface area contributed by atoms with Crippen LogP contribution >= 0.6 is 0 Å².